The molecule has 0 spiro atoms. The van der Waals surface area contributed by atoms with Crippen LogP contribution in [0, 0.1) is 0 Å². The molecule has 0 aliphatic heterocycles. The van der Waals surface area contributed by atoms with Crippen molar-refractivity contribution in [2.24, 2.45) is 5.10 Å². The first kappa shape index (κ1) is 16.4. The number of hydrogen-bond acceptors (Lipinski definition) is 4. The second-order valence-corrected chi connectivity index (χ2v) is 5.24. The van der Waals surface area contributed by atoms with E-state index < -0.39 is 0 Å². The van der Waals surface area contributed by atoms with Gasteiger partial charge in [-0.1, -0.05) is 42.5 Å². The topological polar surface area (TPSA) is 79.4 Å². The maximum Gasteiger partial charge on any atom is 0.289 e. The lowest BCUT2D eigenvalue weighted by atomic mass is 10.1. The zero-order valence-corrected chi connectivity index (χ0v) is 13.8. The molecule has 0 fully saturated rings. The summed E-state index contributed by atoms with van der Waals surface area (Å²) in [5, 5.41) is 10.9. The molecule has 6 nitrogen and oxygen atoms in total. The molecule has 0 saturated carbocycles. The molecule has 1 amide bonds. The van der Waals surface area contributed by atoms with Crippen molar-refractivity contribution in [3.63, 3.8) is 0 Å². The third kappa shape index (κ3) is 4.32. The van der Waals surface area contributed by atoms with Crippen molar-refractivity contribution in [2.45, 2.75) is 6.92 Å². The summed E-state index contributed by atoms with van der Waals surface area (Å²) in [7, 11) is 0. The van der Waals surface area contributed by atoms with Crippen LogP contribution in [-0.4, -0.2) is 28.9 Å². The monoisotopic (exact) mass is 334 g/mol. The molecule has 2 aromatic carbocycles. The number of H-pyrrole nitrogens is 1. The molecule has 3 rings (SSSR count). The highest BCUT2D eigenvalue weighted by Crippen LogP contribution is 2.22. The normalized spacial score (nSPS) is 10.8. The molecular formula is C19H18N4O2. The van der Waals surface area contributed by atoms with Crippen molar-refractivity contribution in [3.8, 4) is 17.0 Å². The lowest BCUT2D eigenvalue weighted by Gasteiger charge is -2.03. The number of aromatic nitrogens is 2. The number of hydrogen-bond donors (Lipinski definition) is 2. The van der Waals surface area contributed by atoms with Crippen molar-refractivity contribution in [3.05, 3.63) is 71.9 Å². The highest BCUT2D eigenvalue weighted by atomic mass is 16.5. The lowest BCUT2D eigenvalue weighted by molar-refractivity contribution is 0.0950. The number of carbonyl (C=O) groups excluding carboxylic acids is 1. The average molecular weight is 334 g/mol. The van der Waals surface area contributed by atoms with Crippen molar-refractivity contribution in [1.29, 1.82) is 0 Å². The Morgan fingerprint density at radius 1 is 1.20 bits per heavy atom. The molecule has 3 aromatic rings. The fourth-order valence-corrected chi connectivity index (χ4v) is 2.26. The van der Waals surface area contributed by atoms with Gasteiger partial charge in [-0.15, -0.1) is 0 Å². The van der Waals surface area contributed by atoms with Gasteiger partial charge in [0.05, 0.1) is 18.5 Å². The Morgan fingerprint density at radius 2 is 2.04 bits per heavy atom. The van der Waals surface area contributed by atoms with Gasteiger partial charge in [0.2, 0.25) is 0 Å². The number of aromatic amines is 1. The molecule has 1 aromatic heterocycles. The molecule has 0 aliphatic rings. The largest absolute Gasteiger partial charge is 0.494 e. The number of benzene rings is 2. The van der Waals surface area contributed by atoms with Gasteiger partial charge in [-0.05, 0) is 30.7 Å². The Bertz CT molecular complexity index is 872. The number of nitrogens with zero attached hydrogens (tertiary/aromatic N) is 2. The molecule has 0 unspecified atom stereocenters. The van der Waals surface area contributed by atoms with Crippen LogP contribution in [0.1, 0.15) is 23.0 Å². The number of amides is 1. The van der Waals surface area contributed by atoms with E-state index in [-0.39, 0.29) is 5.91 Å². The van der Waals surface area contributed by atoms with Crippen LogP contribution in [-0.2, 0) is 0 Å². The van der Waals surface area contributed by atoms with Gasteiger partial charge in [0, 0.05) is 5.56 Å². The maximum atomic E-state index is 12.1. The zero-order valence-electron chi connectivity index (χ0n) is 13.8. The molecule has 0 bridgehead atoms. The number of carbonyl (C=O) groups is 1. The number of hydrazone groups is 1. The maximum absolute atomic E-state index is 12.1. The third-order valence-corrected chi connectivity index (χ3v) is 3.44. The molecule has 6 heteroatoms. The van der Waals surface area contributed by atoms with Crippen LogP contribution in [0.25, 0.3) is 11.3 Å². The Balaban J connectivity index is 1.67. The Morgan fingerprint density at radius 3 is 2.84 bits per heavy atom. The highest BCUT2D eigenvalue weighted by molar-refractivity contribution is 5.94. The van der Waals surface area contributed by atoms with Crippen molar-refractivity contribution < 1.29 is 9.53 Å². The summed E-state index contributed by atoms with van der Waals surface area (Å²) >= 11 is 0. The summed E-state index contributed by atoms with van der Waals surface area (Å²) in [5.74, 6) is 0.411. The van der Waals surface area contributed by atoms with Crippen LogP contribution >= 0.6 is 0 Å². The third-order valence-electron chi connectivity index (χ3n) is 3.44. The summed E-state index contributed by atoms with van der Waals surface area (Å²) < 4.78 is 5.48. The quantitative estimate of drug-likeness (QED) is 0.536. The van der Waals surface area contributed by atoms with Crippen LogP contribution < -0.4 is 10.2 Å². The summed E-state index contributed by atoms with van der Waals surface area (Å²) in [5.41, 5.74) is 5.25. The Labute approximate surface area is 145 Å². The van der Waals surface area contributed by atoms with E-state index in [0.29, 0.717) is 18.0 Å². The minimum atomic E-state index is -0.355. The predicted octanol–water partition coefficient (Wildman–Crippen LogP) is 3.24. The van der Waals surface area contributed by atoms with Crippen LogP contribution in [0.15, 0.2) is 65.8 Å². The standard InChI is InChI=1S/C19H18N4O2/c1-2-25-16-10-6-9-15(11-16)17-12-18(22-21-17)19(24)23-20-13-14-7-4-3-5-8-14/h3-13H,2H2,1H3,(H,21,22)(H,23,24)/b20-13+. The van der Waals surface area contributed by atoms with E-state index >= 15 is 0 Å². The van der Waals surface area contributed by atoms with Crippen LogP contribution in [0.2, 0.25) is 0 Å². The SMILES string of the molecule is CCOc1cccc(-c2cc(C(=O)N/N=C/c3ccccc3)[nH]n2)c1. The first-order valence-corrected chi connectivity index (χ1v) is 7.93. The molecular weight excluding hydrogens is 316 g/mol. The molecule has 2 N–H and O–H groups in total. The van der Waals surface area contributed by atoms with Gasteiger partial charge in [-0.2, -0.15) is 10.2 Å². The number of rotatable bonds is 6. The van der Waals surface area contributed by atoms with E-state index in [0.717, 1.165) is 16.9 Å². The van der Waals surface area contributed by atoms with Crippen LogP contribution in [0.4, 0.5) is 0 Å². The minimum Gasteiger partial charge on any atom is -0.494 e. The molecule has 25 heavy (non-hydrogen) atoms. The Kier molecular flexibility index (Phi) is 5.21. The first-order chi connectivity index (χ1) is 12.3. The molecule has 0 aliphatic carbocycles. The smallest absolute Gasteiger partial charge is 0.289 e. The van der Waals surface area contributed by atoms with E-state index in [9.17, 15) is 4.79 Å². The van der Waals surface area contributed by atoms with Gasteiger partial charge in [-0.3, -0.25) is 9.89 Å². The van der Waals surface area contributed by atoms with Crippen LogP contribution in [0.3, 0.4) is 0 Å². The summed E-state index contributed by atoms with van der Waals surface area (Å²) in [4.78, 5) is 12.1. The molecule has 126 valence electrons. The fourth-order valence-electron chi connectivity index (χ4n) is 2.26. The van der Waals surface area contributed by atoms with E-state index in [2.05, 4.69) is 20.7 Å². The first-order valence-electron chi connectivity index (χ1n) is 7.93. The van der Waals surface area contributed by atoms with Gasteiger partial charge in [-0.25, -0.2) is 5.43 Å². The second-order valence-electron chi connectivity index (χ2n) is 5.24. The van der Waals surface area contributed by atoms with Gasteiger partial charge < -0.3 is 4.74 Å². The zero-order chi connectivity index (χ0) is 17.5. The lowest BCUT2D eigenvalue weighted by Crippen LogP contribution is -2.17. The van der Waals surface area contributed by atoms with Crippen molar-refractivity contribution >= 4 is 12.1 Å². The van der Waals surface area contributed by atoms with E-state index in [4.69, 9.17) is 4.74 Å². The minimum absolute atomic E-state index is 0.335. The molecule has 0 radical (unpaired) electrons. The molecule has 0 atom stereocenters. The van der Waals surface area contributed by atoms with E-state index in [1.807, 2.05) is 61.5 Å². The number of nitrogens with one attached hydrogen (secondary N) is 2. The average Bonchev–Trinajstić information content (AvgIpc) is 3.13. The Hall–Kier alpha value is -3.41. The van der Waals surface area contributed by atoms with Gasteiger partial charge in [0.15, 0.2) is 0 Å². The van der Waals surface area contributed by atoms with Crippen molar-refractivity contribution in [2.75, 3.05) is 6.61 Å². The van der Waals surface area contributed by atoms with Crippen molar-refractivity contribution in [1.82, 2.24) is 15.6 Å². The predicted molar refractivity (Wildman–Crippen MR) is 96.7 cm³/mol. The molecule has 1 heterocycles. The summed E-state index contributed by atoms with van der Waals surface area (Å²) in [6, 6.07) is 18.8. The fraction of sp³-hybridized carbons (Fsp3) is 0.105. The highest BCUT2D eigenvalue weighted by Gasteiger charge is 2.10. The van der Waals surface area contributed by atoms with Gasteiger partial charge in [0.25, 0.3) is 5.91 Å². The summed E-state index contributed by atoms with van der Waals surface area (Å²) in [6.45, 7) is 2.52. The van der Waals surface area contributed by atoms with E-state index in [1.165, 1.54) is 0 Å². The van der Waals surface area contributed by atoms with Gasteiger partial charge >= 0.3 is 0 Å². The molecule has 0 saturated heterocycles. The second kappa shape index (κ2) is 7.92. The van der Waals surface area contributed by atoms with Crippen LogP contribution in [0.5, 0.6) is 5.75 Å². The summed E-state index contributed by atoms with van der Waals surface area (Å²) in [6.07, 6.45) is 1.58. The van der Waals surface area contributed by atoms with E-state index in [1.54, 1.807) is 12.3 Å². The number of ether oxygens (including phenoxy) is 1. The van der Waals surface area contributed by atoms with Gasteiger partial charge in [0.1, 0.15) is 11.4 Å².